The number of nitrogens with one attached hydrogen (secondary N) is 1. The average Bonchev–Trinajstić information content (AvgIpc) is 2.26. The average molecular weight is 218 g/mol. The fourth-order valence-electron chi connectivity index (χ4n) is 1.60. The molecule has 1 aromatic heterocycles. The van der Waals surface area contributed by atoms with E-state index in [1.54, 1.807) is 12.3 Å². The Morgan fingerprint density at radius 2 is 2.25 bits per heavy atom. The van der Waals surface area contributed by atoms with Gasteiger partial charge in [0.05, 0.1) is 17.4 Å². The van der Waals surface area contributed by atoms with Gasteiger partial charge in [-0.1, -0.05) is 20.8 Å². The lowest BCUT2D eigenvalue weighted by molar-refractivity contribution is 0.510. The van der Waals surface area contributed by atoms with Crippen LogP contribution in [0.2, 0.25) is 0 Å². The lowest BCUT2D eigenvalue weighted by Crippen LogP contribution is -2.25. The van der Waals surface area contributed by atoms with Crippen LogP contribution < -0.4 is 11.1 Å². The van der Waals surface area contributed by atoms with Gasteiger partial charge in [-0.2, -0.15) is 5.26 Å². The molecule has 4 nitrogen and oxygen atoms in total. The second-order valence-corrected chi connectivity index (χ2v) is 4.18. The van der Waals surface area contributed by atoms with Crippen molar-refractivity contribution in [1.82, 2.24) is 4.98 Å². The molecular formula is C12H18N4. The van der Waals surface area contributed by atoms with Crippen LogP contribution in [0.25, 0.3) is 0 Å². The fraction of sp³-hybridized carbons (Fsp3) is 0.500. The minimum absolute atomic E-state index is 0.322. The zero-order valence-electron chi connectivity index (χ0n) is 9.99. The summed E-state index contributed by atoms with van der Waals surface area (Å²) in [4.78, 5) is 4.16. The zero-order chi connectivity index (χ0) is 12.1. The molecule has 1 unspecified atom stereocenters. The van der Waals surface area contributed by atoms with Gasteiger partial charge in [-0.25, -0.2) is 4.98 Å². The van der Waals surface area contributed by atoms with Crippen LogP contribution >= 0.6 is 0 Å². The third kappa shape index (κ3) is 2.86. The van der Waals surface area contributed by atoms with E-state index in [1.807, 2.05) is 0 Å². The molecule has 0 aliphatic heterocycles. The van der Waals surface area contributed by atoms with Crippen LogP contribution in [0.3, 0.4) is 0 Å². The molecule has 0 saturated heterocycles. The van der Waals surface area contributed by atoms with Gasteiger partial charge in [0.2, 0.25) is 0 Å². The summed E-state index contributed by atoms with van der Waals surface area (Å²) in [6.07, 6.45) is 2.56. The molecule has 1 rings (SSSR count). The largest absolute Gasteiger partial charge is 0.397 e. The quantitative estimate of drug-likeness (QED) is 0.813. The molecular weight excluding hydrogens is 200 g/mol. The highest BCUT2D eigenvalue weighted by atomic mass is 15.0. The highest BCUT2D eigenvalue weighted by molar-refractivity contribution is 5.57. The number of pyridine rings is 1. The van der Waals surface area contributed by atoms with Gasteiger partial charge in [0.15, 0.2) is 0 Å². The molecule has 1 heterocycles. The van der Waals surface area contributed by atoms with Gasteiger partial charge in [-0.05, 0) is 18.4 Å². The van der Waals surface area contributed by atoms with Gasteiger partial charge in [-0.3, -0.25) is 0 Å². The van der Waals surface area contributed by atoms with Crippen molar-refractivity contribution >= 4 is 11.5 Å². The number of nitrogens with two attached hydrogens (primary N) is 1. The molecule has 0 bridgehead atoms. The van der Waals surface area contributed by atoms with E-state index >= 15 is 0 Å². The van der Waals surface area contributed by atoms with Crippen molar-refractivity contribution in [1.29, 1.82) is 5.26 Å². The van der Waals surface area contributed by atoms with Gasteiger partial charge in [0, 0.05) is 6.04 Å². The van der Waals surface area contributed by atoms with Gasteiger partial charge in [-0.15, -0.1) is 0 Å². The van der Waals surface area contributed by atoms with Crippen LogP contribution in [0.15, 0.2) is 12.3 Å². The molecule has 4 heteroatoms. The second kappa shape index (κ2) is 5.36. The van der Waals surface area contributed by atoms with Crippen molar-refractivity contribution in [3.8, 4) is 6.07 Å². The number of aromatic nitrogens is 1. The number of rotatable bonds is 4. The Hall–Kier alpha value is -1.76. The van der Waals surface area contributed by atoms with E-state index in [9.17, 15) is 0 Å². The second-order valence-electron chi connectivity index (χ2n) is 4.18. The summed E-state index contributed by atoms with van der Waals surface area (Å²) < 4.78 is 0. The molecule has 0 radical (unpaired) electrons. The summed E-state index contributed by atoms with van der Waals surface area (Å²) in [5.41, 5.74) is 6.60. The molecule has 0 aromatic carbocycles. The van der Waals surface area contributed by atoms with E-state index in [2.05, 4.69) is 37.1 Å². The van der Waals surface area contributed by atoms with Crippen molar-refractivity contribution < 1.29 is 0 Å². The summed E-state index contributed by atoms with van der Waals surface area (Å²) in [5.74, 6) is 1.12. The Labute approximate surface area is 96.5 Å². The summed E-state index contributed by atoms with van der Waals surface area (Å²) in [6.45, 7) is 6.40. The standard InChI is InChI=1S/C12H18N4/c1-4-11(8(2)3)16-12-9(6-13)5-10(14)7-15-12/h5,7-8,11H,4,14H2,1-3H3,(H,15,16). The minimum Gasteiger partial charge on any atom is -0.397 e. The molecule has 1 aromatic rings. The number of nitrogens with zero attached hydrogens (tertiary/aromatic N) is 2. The van der Waals surface area contributed by atoms with Crippen LogP contribution in [-0.2, 0) is 0 Å². The van der Waals surface area contributed by atoms with Gasteiger partial charge in [0.1, 0.15) is 11.9 Å². The normalized spacial score (nSPS) is 12.2. The Morgan fingerprint density at radius 3 is 2.75 bits per heavy atom. The van der Waals surface area contributed by atoms with Crippen LogP contribution in [0.5, 0.6) is 0 Å². The van der Waals surface area contributed by atoms with Crippen LogP contribution in [0.1, 0.15) is 32.8 Å². The Bertz CT molecular complexity index is 392. The topological polar surface area (TPSA) is 74.7 Å². The summed E-state index contributed by atoms with van der Waals surface area (Å²) in [7, 11) is 0. The van der Waals surface area contributed by atoms with Crippen molar-refractivity contribution in [3.63, 3.8) is 0 Å². The summed E-state index contributed by atoms with van der Waals surface area (Å²) in [5, 5.41) is 12.3. The minimum atomic E-state index is 0.322. The number of hydrogen-bond donors (Lipinski definition) is 2. The molecule has 0 saturated carbocycles. The molecule has 16 heavy (non-hydrogen) atoms. The molecule has 86 valence electrons. The lowest BCUT2D eigenvalue weighted by atomic mass is 10.0. The highest BCUT2D eigenvalue weighted by Crippen LogP contribution is 2.18. The maximum Gasteiger partial charge on any atom is 0.144 e. The van der Waals surface area contributed by atoms with Gasteiger partial charge >= 0.3 is 0 Å². The zero-order valence-corrected chi connectivity index (χ0v) is 9.99. The maximum atomic E-state index is 8.98. The fourth-order valence-corrected chi connectivity index (χ4v) is 1.60. The summed E-state index contributed by atoms with van der Waals surface area (Å²) >= 11 is 0. The smallest absolute Gasteiger partial charge is 0.144 e. The molecule has 0 aliphatic carbocycles. The maximum absolute atomic E-state index is 8.98. The monoisotopic (exact) mass is 218 g/mol. The first-order valence-electron chi connectivity index (χ1n) is 5.50. The predicted molar refractivity (Wildman–Crippen MR) is 65.9 cm³/mol. The first-order chi connectivity index (χ1) is 7.58. The van der Waals surface area contributed by atoms with E-state index in [1.165, 1.54) is 0 Å². The number of hydrogen-bond acceptors (Lipinski definition) is 4. The summed E-state index contributed by atoms with van der Waals surface area (Å²) in [6, 6.07) is 4.06. The highest BCUT2D eigenvalue weighted by Gasteiger charge is 2.13. The third-order valence-electron chi connectivity index (χ3n) is 2.60. The molecule has 0 amide bonds. The number of nitrogen functional groups attached to an aromatic ring is 1. The van der Waals surface area contributed by atoms with Crippen molar-refractivity contribution in [3.05, 3.63) is 17.8 Å². The van der Waals surface area contributed by atoms with Gasteiger partial charge in [0.25, 0.3) is 0 Å². The van der Waals surface area contributed by atoms with E-state index < -0.39 is 0 Å². The first kappa shape index (κ1) is 12.3. The lowest BCUT2D eigenvalue weighted by Gasteiger charge is -2.21. The SMILES string of the molecule is CCC(Nc1ncc(N)cc1C#N)C(C)C. The molecule has 0 aliphatic rings. The van der Waals surface area contributed by atoms with E-state index in [4.69, 9.17) is 11.0 Å². The number of anilines is 2. The van der Waals surface area contributed by atoms with E-state index in [0.717, 1.165) is 6.42 Å². The molecule has 0 fully saturated rings. The van der Waals surface area contributed by atoms with E-state index in [-0.39, 0.29) is 0 Å². The Balaban J connectivity index is 2.92. The molecule has 3 N–H and O–H groups in total. The third-order valence-corrected chi connectivity index (χ3v) is 2.60. The number of nitriles is 1. The van der Waals surface area contributed by atoms with Crippen molar-refractivity contribution in [2.75, 3.05) is 11.1 Å². The van der Waals surface area contributed by atoms with Crippen molar-refractivity contribution in [2.24, 2.45) is 5.92 Å². The van der Waals surface area contributed by atoms with E-state index in [0.29, 0.717) is 29.0 Å². The van der Waals surface area contributed by atoms with Gasteiger partial charge < -0.3 is 11.1 Å². The predicted octanol–water partition coefficient (Wildman–Crippen LogP) is 2.38. The Morgan fingerprint density at radius 1 is 1.56 bits per heavy atom. The van der Waals surface area contributed by atoms with Crippen molar-refractivity contribution in [2.45, 2.75) is 33.2 Å². The molecule has 0 spiro atoms. The molecule has 1 atom stereocenters. The van der Waals surface area contributed by atoms with Crippen LogP contribution in [0.4, 0.5) is 11.5 Å². The van der Waals surface area contributed by atoms with Crippen LogP contribution in [0, 0.1) is 17.2 Å². The van der Waals surface area contributed by atoms with Crippen LogP contribution in [-0.4, -0.2) is 11.0 Å². The first-order valence-corrected chi connectivity index (χ1v) is 5.50. The Kier molecular flexibility index (Phi) is 4.12.